The molecule has 0 bridgehead atoms. The van der Waals surface area contributed by atoms with Crippen LogP contribution in [0.1, 0.15) is 34.5 Å². The first-order chi connectivity index (χ1) is 16.4. The summed E-state index contributed by atoms with van der Waals surface area (Å²) in [5.74, 6) is -0.947. The summed E-state index contributed by atoms with van der Waals surface area (Å²) in [5, 5.41) is 0. The summed E-state index contributed by atoms with van der Waals surface area (Å²) in [5.41, 5.74) is 2.56. The van der Waals surface area contributed by atoms with Gasteiger partial charge in [0.15, 0.2) is 4.80 Å². The predicted octanol–water partition coefficient (Wildman–Crippen LogP) is 2.92. The van der Waals surface area contributed by atoms with Crippen molar-refractivity contribution in [1.82, 2.24) is 4.57 Å². The zero-order chi connectivity index (χ0) is 24.4. The smallest absolute Gasteiger partial charge is 0.338 e. The lowest BCUT2D eigenvalue weighted by molar-refractivity contribution is -0.136. The summed E-state index contributed by atoms with van der Waals surface area (Å²) in [6.45, 7) is 1.75. The molecule has 3 aromatic rings. The summed E-state index contributed by atoms with van der Waals surface area (Å²) in [4.78, 5) is 44.1. The highest BCUT2D eigenvalue weighted by Gasteiger charge is 2.33. The quantitative estimate of drug-likeness (QED) is 0.401. The van der Waals surface area contributed by atoms with Gasteiger partial charge in [0.1, 0.15) is 0 Å². The highest BCUT2D eigenvalue weighted by atomic mass is 32.2. The number of benzene rings is 2. The Morgan fingerprint density at radius 1 is 1.03 bits per heavy atom. The number of rotatable bonds is 5. The summed E-state index contributed by atoms with van der Waals surface area (Å²) in [7, 11) is 2.65. The Balaban J connectivity index is 1.87. The molecule has 0 radical (unpaired) electrons. The van der Waals surface area contributed by atoms with Gasteiger partial charge in [0.25, 0.3) is 5.56 Å². The molecule has 174 valence electrons. The number of carbonyl (C=O) groups is 2. The van der Waals surface area contributed by atoms with Crippen molar-refractivity contribution in [1.29, 1.82) is 0 Å². The van der Waals surface area contributed by atoms with Gasteiger partial charge in [0, 0.05) is 4.90 Å². The second kappa shape index (κ2) is 9.82. The minimum atomic E-state index is -0.650. The van der Waals surface area contributed by atoms with Crippen molar-refractivity contribution in [3.8, 4) is 0 Å². The van der Waals surface area contributed by atoms with Gasteiger partial charge in [-0.2, -0.15) is 0 Å². The minimum Gasteiger partial charge on any atom is -0.466 e. The zero-order valence-corrected chi connectivity index (χ0v) is 20.7. The zero-order valence-electron chi connectivity index (χ0n) is 19.0. The van der Waals surface area contributed by atoms with E-state index in [1.807, 2.05) is 30.5 Å². The Bertz CT molecular complexity index is 1470. The van der Waals surface area contributed by atoms with Crippen molar-refractivity contribution in [2.24, 2.45) is 4.99 Å². The van der Waals surface area contributed by atoms with Crippen LogP contribution < -0.4 is 14.9 Å². The van der Waals surface area contributed by atoms with Gasteiger partial charge in [-0.3, -0.25) is 9.36 Å². The molecule has 1 aromatic heterocycles. The van der Waals surface area contributed by atoms with Gasteiger partial charge in [-0.15, -0.1) is 11.8 Å². The molecule has 2 aromatic carbocycles. The SMILES string of the molecule is COC(=O)C1=C(C)N=c2s/c(=C/c3ccc(C(=O)OC)cc3)c(=O)n2[C@@H]1c1ccc(SC)cc1. The van der Waals surface area contributed by atoms with E-state index in [4.69, 9.17) is 9.47 Å². The predicted molar refractivity (Wildman–Crippen MR) is 132 cm³/mol. The number of carbonyl (C=O) groups excluding carboxylic acids is 2. The molecule has 0 spiro atoms. The van der Waals surface area contributed by atoms with Crippen LogP contribution in [0.15, 0.2) is 74.5 Å². The van der Waals surface area contributed by atoms with Crippen LogP contribution in [0.25, 0.3) is 6.08 Å². The van der Waals surface area contributed by atoms with Crippen molar-refractivity contribution >= 4 is 41.1 Å². The van der Waals surface area contributed by atoms with E-state index >= 15 is 0 Å². The van der Waals surface area contributed by atoms with Crippen LogP contribution >= 0.6 is 23.1 Å². The van der Waals surface area contributed by atoms with Gasteiger partial charge in [-0.1, -0.05) is 35.6 Å². The van der Waals surface area contributed by atoms with Crippen molar-refractivity contribution < 1.29 is 19.1 Å². The molecule has 0 saturated heterocycles. The second-order valence-electron chi connectivity index (χ2n) is 7.46. The summed E-state index contributed by atoms with van der Waals surface area (Å²) < 4.78 is 11.8. The van der Waals surface area contributed by atoms with Crippen LogP contribution in [-0.2, 0) is 14.3 Å². The standard InChI is InChI=1S/C25H22N2O5S2/c1-14-20(24(30)32-3)21(16-9-11-18(33-4)12-10-16)27-22(28)19(34-25(27)26-14)13-15-5-7-17(8-6-15)23(29)31-2/h5-13,21H,1-4H3/b19-13+/t21-/m1/s1. The third-order valence-corrected chi connectivity index (χ3v) is 7.21. The van der Waals surface area contributed by atoms with Crippen LogP contribution in [0.3, 0.4) is 0 Å². The van der Waals surface area contributed by atoms with Gasteiger partial charge < -0.3 is 9.47 Å². The van der Waals surface area contributed by atoms with Gasteiger partial charge >= 0.3 is 11.9 Å². The van der Waals surface area contributed by atoms with Crippen LogP contribution in [0.2, 0.25) is 0 Å². The number of thioether (sulfide) groups is 1. The van der Waals surface area contributed by atoms with Gasteiger partial charge in [-0.25, -0.2) is 14.6 Å². The lowest BCUT2D eigenvalue weighted by atomic mass is 9.96. The average molecular weight is 495 g/mol. The molecule has 0 aliphatic carbocycles. The topological polar surface area (TPSA) is 87.0 Å². The number of aromatic nitrogens is 1. The molecule has 0 unspecified atom stereocenters. The number of hydrogen-bond donors (Lipinski definition) is 0. The maximum absolute atomic E-state index is 13.5. The lowest BCUT2D eigenvalue weighted by Gasteiger charge is -2.24. The van der Waals surface area contributed by atoms with Crippen LogP contribution in [0.5, 0.6) is 0 Å². The summed E-state index contributed by atoms with van der Waals surface area (Å²) in [6.07, 6.45) is 3.73. The highest BCUT2D eigenvalue weighted by molar-refractivity contribution is 7.98. The first-order valence-electron chi connectivity index (χ1n) is 10.3. The van der Waals surface area contributed by atoms with Crippen molar-refractivity contribution in [2.75, 3.05) is 20.5 Å². The maximum atomic E-state index is 13.5. The van der Waals surface area contributed by atoms with E-state index in [0.29, 0.717) is 26.2 Å². The van der Waals surface area contributed by atoms with Crippen LogP contribution in [0.4, 0.5) is 0 Å². The molecule has 7 nitrogen and oxygen atoms in total. The minimum absolute atomic E-state index is 0.256. The fraction of sp³-hybridized carbons (Fsp3) is 0.200. The van der Waals surface area contributed by atoms with E-state index in [1.54, 1.807) is 53.6 Å². The number of thiazole rings is 1. The third kappa shape index (κ3) is 4.36. The maximum Gasteiger partial charge on any atom is 0.338 e. The number of esters is 2. The number of allylic oxidation sites excluding steroid dienone is 1. The van der Waals surface area contributed by atoms with E-state index in [9.17, 15) is 14.4 Å². The lowest BCUT2D eigenvalue weighted by Crippen LogP contribution is -2.39. The molecule has 1 atom stereocenters. The monoisotopic (exact) mass is 494 g/mol. The highest BCUT2D eigenvalue weighted by Crippen LogP contribution is 2.31. The molecule has 0 saturated carbocycles. The Morgan fingerprint density at radius 2 is 1.68 bits per heavy atom. The van der Waals surface area contributed by atoms with E-state index in [0.717, 1.165) is 16.0 Å². The molecule has 4 rings (SSSR count). The fourth-order valence-corrected chi connectivity index (χ4v) is 5.23. The molecular weight excluding hydrogens is 472 g/mol. The first kappa shape index (κ1) is 23.7. The van der Waals surface area contributed by atoms with E-state index in [1.165, 1.54) is 25.6 Å². The largest absolute Gasteiger partial charge is 0.466 e. The fourth-order valence-electron chi connectivity index (χ4n) is 3.78. The molecule has 9 heteroatoms. The van der Waals surface area contributed by atoms with E-state index < -0.39 is 18.0 Å². The van der Waals surface area contributed by atoms with Crippen LogP contribution in [0, 0.1) is 0 Å². The van der Waals surface area contributed by atoms with Crippen LogP contribution in [-0.4, -0.2) is 37.0 Å². The molecule has 2 heterocycles. The number of nitrogens with zero attached hydrogens (tertiary/aromatic N) is 2. The van der Waals surface area contributed by atoms with E-state index in [-0.39, 0.29) is 5.56 Å². The first-order valence-corrected chi connectivity index (χ1v) is 12.3. The molecule has 1 aliphatic rings. The van der Waals surface area contributed by atoms with Gasteiger partial charge in [0.2, 0.25) is 0 Å². The molecule has 0 fully saturated rings. The third-order valence-electron chi connectivity index (χ3n) is 5.49. The molecule has 0 amide bonds. The van der Waals surface area contributed by atoms with Crippen molar-refractivity contribution in [3.05, 3.63) is 96.2 Å². The van der Waals surface area contributed by atoms with E-state index in [2.05, 4.69) is 4.99 Å². The number of fused-ring (bicyclic) bond motifs is 1. The number of ether oxygens (including phenoxy) is 2. The number of methoxy groups -OCH3 is 2. The molecular formula is C25H22N2O5S2. The Hall–Kier alpha value is -3.43. The summed E-state index contributed by atoms with van der Waals surface area (Å²) in [6, 6.07) is 13.9. The van der Waals surface area contributed by atoms with Gasteiger partial charge in [0.05, 0.1) is 41.6 Å². The number of hydrogen-bond acceptors (Lipinski definition) is 8. The second-order valence-corrected chi connectivity index (χ2v) is 9.35. The van der Waals surface area contributed by atoms with Crippen molar-refractivity contribution in [3.63, 3.8) is 0 Å². The molecule has 34 heavy (non-hydrogen) atoms. The van der Waals surface area contributed by atoms with Crippen molar-refractivity contribution in [2.45, 2.75) is 17.9 Å². The summed E-state index contributed by atoms with van der Waals surface area (Å²) >= 11 is 2.86. The normalized spacial score (nSPS) is 15.5. The average Bonchev–Trinajstić information content (AvgIpc) is 3.16. The molecule has 0 N–H and O–H groups in total. The Morgan fingerprint density at radius 3 is 2.26 bits per heavy atom. The Kier molecular flexibility index (Phi) is 6.85. The van der Waals surface area contributed by atoms with Gasteiger partial charge in [-0.05, 0) is 54.6 Å². The molecule has 1 aliphatic heterocycles. The Labute approximate surface area is 204 Å².